The minimum Gasteiger partial charge on any atom is -0.494 e. The lowest BCUT2D eigenvalue weighted by Crippen LogP contribution is -2.51. The molecule has 0 bridgehead atoms. The summed E-state index contributed by atoms with van der Waals surface area (Å²) < 4.78 is 18.3. The molecule has 20 heavy (non-hydrogen) atoms. The van der Waals surface area contributed by atoms with Gasteiger partial charge in [0.25, 0.3) is 0 Å². The van der Waals surface area contributed by atoms with Crippen LogP contribution in [0, 0.1) is 11.7 Å². The maximum Gasteiger partial charge on any atom is 0.303 e. The van der Waals surface area contributed by atoms with Crippen LogP contribution in [0.3, 0.4) is 0 Å². The van der Waals surface area contributed by atoms with E-state index in [4.69, 9.17) is 9.84 Å². The Morgan fingerprint density at radius 3 is 2.70 bits per heavy atom. The number of carboxylic acids is 1. The summed E-state index contributed by atoms with van der Waals surface area (Å²) >= 11 is 0. The number of ether oxygens (including phenoxy) is 1. The molecule has 1 amide bonds. The van der Waals surface area contributed by atoms with Crippen molar-refractivity contribution in [1.29, 1.82) is 0 Å². The van der Waals surface area contributed by atoms with E-state index in [1.54, 1.807) is 11.0 Å². The van der Waals surface area contributed by atoms with Gasteiger partial charge in [-0.25, -0.2) is 4.39 Å². The van der Waals surface area contributed by atoms with E-state index in [9.17, 15) is 14.0 Å². The minimum absolute atomic E-state index is 0.0315. The van der Waals surface area contributed by atoms with E-state index in [-0.39, 0.29) is 30.4 Å². The second kappa shape index (κ2) is 5.90. The Labute approximate surface area is 116 Å². The number of methoxy groups -OCH3 is 1. The fraction of sp³-hybridized carbons (Fsp3) is 0.429. The van der Waals surface area contributed by atoms with Crippen molar-refractivity contribution in [3.63, 3.8) is 0 Å². The van der Waals surface area contributed by atoms with E-state index in [0.717, 1.165) is 0 Å². The molecule has 2 rings (SSSR count). The van der Waals surface area contributed by atoms with Gasteiger partial charge in [0.1, 0.15) is 0 Å². The lowest BCUT2D eigenvalue weighted by molar-refractivity contribution is -0.144. The molecule has 1 aromatic rings. The lowest BCUT2D eigenvalue weighted by atomic mass is 9.95. The number of likely N-dealkylation sites (tertiary alicyclic amines) is 1. The predicted octanol–water partition coefficient (Wildman–Crippen LogP) is 1.31. The second-order valence-electron chi connectivity index (χ2n) is 4.91. The van der Waals surface area contributed by atoms with E-state index in [0.29, 0.717) is 18.7 Å². The molecule has 0 aromatic heterocycles. The van der Waals surface area contributed by atoms with Crippen LogP contribution in [0.1, 0.15) is 12.0 Å². The van der Waals surface area contributed by atoms with Crippen LogP contribution in [-0.4, -0.2) is 42.1 Å². The summed E-state index contributed by atoms with van der Waals surface area (Å²) in [5, 5.41) is 8.63. The Bertz CT molecular complexity index is 526. The summed E-state index contributed by atoms with van der Waals surface area (Å²) in [5.41, 5.74) is 0.579. The SMILES string of the molecule is COc1ccc(CC(=O)N2CC(CC(=O)O)C2)cc1F. The zero-order valence-corrected chi connectivity index (χ0v) is 11.1. The van der Waals surface area contributed by atoms with Crippen molar-refractivity contribution in [3.05, 3.63) is 29.6 Å². The summed E-state index contributed by atoms with van der Waals surface area (Å²) in [6.07, 6.45) is 0.196. The number of carboxylic acid groups (broad SMARTS) is 1. The minimum atomic E-state index is -0.848. The van der Waals surface area contributed by atoms with Gasteiger partial charge < -0.3 is 14.7 Å². The summed E-state index contributed by atoms with van der Waals surface area (Å²) in [4.78, 5) is 24.0. The van der Waals surface area contributed by atoms with Crippen LogP contribution in [0.25, 0.3) is 0 Å². The maximum absolute atomic E-state index is 13.5. The monoisotopic (exact) mass is 281 g/mol. The molecule has 0 unspecified atom stereocenters. The molecule has 0 saturated carbocycles. The highest BCUT2D eigenvalue weighted by molar-refractivity contribution is 5.80. The number of halogens is 1. The third-order valence-corrected chi connectivity index (χ3v) is 3.34. The van der Waals surface area contributed by atoms with Crippen LogP contribution in [0.4, 0.5) is 4.39 Å². The quantitative estimate of drug-likeness (QED) is 0.883. The molecule has 0 atom stereocenters. The molecular formula is C14H16FNO4. The van der Waals surface area contributed by atoms with Crippen molar-refractivity contribution < 1.29 is 23.8 Å². The lowest BCUT2D eigenvalue weighted by Gasteiger charge is -2.38. The number of amides is 1. The van der Waals surface area contributed by atoms with Gasteiger partial charge in [-0.2, -0.15) is 0 Å². The zero-order valence-electron chi connectivity index (χ0n) is 11.1. The van der Waals surface area contributed by atoms with Gasteiger partial charge >= 0.3 is 5.97 Å². The van der Waals surface area contributed by atoms with Crippen molar-refractivity contribution in [2.24, 2.45) is 5.92 Å². The fourth-order valence-electron chi connectivity index (χ4n) is 2.26. The number of hydrogen-bond donors (Lipinski definition) is 1. The second-order valence-corrected chi connectivity index (χ2v) is 4.91. The van der Waals surface area contributed by atoms with Gasteiger partial charge in [-0.15, -0.1) is 0 Å². The van der Waals surface area contributed by atoms with Gasteiger partial charge in [-0.05, 0) is 17.7 Å². The molecule has 1 saturated heterocycles. The van der Waals surface area contributed by atoms with Crippen LogP contribution in [0.15, 0.2) is 18.2 Å². The van der Waals surface area contributed by atoms with Crippen molar-refractivity contribution in [2.45, 2.75) is 12.8 Å². The number of carbonyl (C=O) groups is 2. The highest BCUT2D eigenvalue weighted by atomic mass is 19.1. The van der Waals surface area contributed by atoms with Gasteiger partial charge in [-0.1, -0.05) is 6.07 Å². The number of benzene rings is 1. The molecule has 108 valence electrons. The molecular weight excluding hydrogens is 265 g/mol. The van der Waals surface area contributed by atoms with Gasteiger partial charge in [0.05, 0.1) is 20.0 Å². The molecule has 1 fully saturated rings. The third kappa shape index (κ3) is 3.26. The van der Waals surface area contributed by atoms with Crippen LogP contribution in [0.2, 0.25) is 0 Å². The van der Waals surface area contributed by atoms with Crippen LogP contribution < -0.4 is 4.74 Å². The first-order valence-electron chi connectivity index (χ1n) is 6.31. The molecule has 0 radical (unpaired) electrons. The van der Waals surface area contributed by atoms with Crippen molar-refractivity contribution in [1.82, 2.24) is 4.90 Å². The molecule has 0 aliphatic carbocycles. The van der Waals surface area contributed by atoms with E-state index in [1.165, 1.54) is 19.2 Å². The Morgan fingerprint density at radius 2 is 2.15 bits per heavy atom. The number of nitrogens with zero attached hydrogens (tertiary/aromatic N) is 1. The first kappa shape index (κ1) is 14.3. The number of aliphatic carboxylic acids is 1. The molecule has 1 aromatic carbocycles. The zero-order chi connectivity index (χ0) is 14.7. The number of carbonyl (C=O) groups excluding carboxylic acids is 1. The number of hydrogen-bond acceptors (Lipinski definition) is 3. The average molecular weight is 281 g/mol. The molecule has 0 spiro atoms. The molecule has 5 nitrogen and oxygen atoms in total. The van der Waals surface area contributed by atoms with Crippen LogP contribution >= 0.6 is 0 Å². The average Bonchev–Trinajstić information content (AvgIpc) is 2.33. The summed E-state index contributed by atoms with van der Waals surface area (Å²) in [6, 6.07) is 4.42. The number of rotatable bonds is 5. The van der Waals surface area contributed by atoms with Crippen LogP contribution in [-0.2, 0) is 16.0 Å². The van der Waals surface area contributed by atoms with Gasteiger partial charge in [-0.3, -0.25) is 9.59 Å². The summed E-state index contributed by atoms with van der Waals surface area (Å²) in [6.45, 7) is 0.924. The summed E-state index contributed by atoms with van der Waals surface area (Å²) in [7, 11) is 1.38. The summed E-state index contributed by atoms with van der Waals surface area (Å²) in [5.74, 6) is -1.28. The molecule has 1 heterocycles. The molecule has 6 heteroatoms. The van der Waals surface area contributed by atoms with E-state index >= 15 is 0 Å². The van der Waals surface area contributed by atoms with Gasteiger partial charge in [0.15, 0.2) is 11.6 Å². The Kier molecular flexibility index (Phi) is 4.22. The molecule has 1 aliphatic rings. The normalized spacial score (nSPS) is 14.8. The van der Waals surface area contributed by atoms with E-state index in [2.05, 4.69) is 0 Å². The van der Waals surface area contributed by atoms with E-state index < -0.39 is 11.8 Å². The smallest absolute Gasteiger partial charge is 0.303 e. The molecule has 1 aliphatic heterocycles. The van der Waals surface area contributed by atoms with Crippen molar-refractivity contribution in [3.8, 4) is 5.75 Å². The molecule has 1 N–H and O–H groups in total. The highest BCUT2D eigenvalue weighted by Gasteiger charge is 2.31. The third-order valence-electron chi connectivity index (χ3n) is 3.34. The largest absolute Gasteiger partial charge is 0.494 e. The van der Waals surface area contributed by atoms with Gasteiger partial charge in [0.2, 0.25) is 5.91 Å². The Morgan fingerprint density at radius 1 is 1.45 bits per heavy atom. The Hall–Kier alpha value is -2.11. The van der Waals surface area contributed by atoms with Crippen molar-refractivity contribution >= 4 is 11.9 Å². The maximum atomic E-state index is 13.5. The predicted molar refractivity (Wildman–Crippen MR) is 69.0 cm³/mol. The standard InChI is InChI=1S/C14H16FNO4/c1-20-12-3-2-9(4-11(12)15)5-13(17)16-7-10(8-16)6-14(18)19/h2-4,10H,5-8H2,1H3,(H,18,19). The van der Waals surface area contributed by atoms with E-state index in [1.807, 2.05) is 0 Å². The first-order valence-corrected chi connectivity index (χ1v) is 6.31. The van der Waals surface area contributed by atoms with Crippen LogP contribution in [0.5, 0.6) is 5.75 Å². The fourth-order valence-corrected chi connectivity index (χ4v) is 2.26. The van der Waals surface area contributed by atoms with Gasteiger partial charge in [0, 0.05) is 19.0 Å². The Balaban J connectivity index is 1.87. The topological polar surface area (TPSA) is 66.8 Å². The first-order chi connectivity index (χ1) is 9.49. The highest BCUT2D eigenvalue weighted by Crippen LogP contribution is 2.22. The van der Waals surface area contributed by atoms with Crippen molar-refractivity contribution in [2.75, 3.05) is 20.2 Å².